The largest absolute Gasteiger partial charge is 0.395 e. The highest BCUT2D eigenvalue weighted by atomic mass is 16.3. The maximum atomic E-state index is 12.1. The van der Waals surface area contributed by atoms with E-state index >= 15 is 0 Å². The third-order valence-corrected chi connectivity index (χ3v) is 2.77. The third kappa shape index (κ3) is 2.94. The number of rotatable bonds is 5. The van der Waals surface area contributed by atoms with Crippen molar-refractivity contribution in [3.63, 3.8) is 0 Å². The van der Waals surface area contributed by atoms with E-state index in [2.05, 4.69) is 10.3 Å². The summed E-state index contributed by atoms with van der Waals surface area (Å²) in [6, 6.07) is 7.62. The molecule has 0 saturated heterocycles. The summed E-state index contributed by atoms with van der Waals surface area (Å²) in [7, 11) is 0. The highest BCUT2D eigenvalue weighted by molar-refractivity contribution is 6.01. The highest BCUT2D eigenvalue weighted by Crippen LogP contribution is 2.30. The van der Waals surface area contributed by atoms with Crippen molar-refractivity contribution in [2.24, 2.45) is 4.99 Å². The Morgan fingerprint density at radius 1 is 1.39 bits per heavy atom. The van der Waals surface area contributed by atoms with Crippen LogP contribution in [0.25, 0.3) is 0 Å². The molecular weight excluding hydrogens is 230 g/mol. The van der Waals surface area contributed by atoms with Crippen molar-refractivity contribution in [2.75, 3.05) is 31.1 Å². The molecule has 1 heterocycles. The van der Waals surface area contributed by atoms with Crippen molar-refractivity contribution in [1.29, 1.82) is 0 Å². The second-order valence-electron chi connectivity index (χ2n) is 4.03. The average molecular weight is 247 g/mol. The molecule has 0 aromatic heterocycles. The maximum absolute atomic E-state index is 12.1. The number of para-hydroxylation sites is 2. The van der Waals surface area contributed by atoms with Gasteiger partial charge in [0.1, 0.15) is 0 Å². The van der Waals surface area contributed by atoms with Crippen molar-refractivity contribution in [1.82, 2.24) is 5.32 Å². The molecule has 1 aromatic carbocycles. The molecule has 0 fully saturated rings. The number of amides is 1. The first-order chi connectivity index (χ1) is 8.83. The lowest BCUT2D eigenvalue weighted by Crippen LogP contribution is -2.36. The predicted molar refractivity (Wildman–Crippen MR) is 71.5 cm³/mol. The second-order valence-corrected chi connectivity index (χ2v) is 4.03. The van der Waals surface area contributed by atoms with Gasteiger partial charge in [-0.15, -0.1) is 0 Å². The molecule has 0 radical (unpaired) electrons. The van der Waals surface area contributed by atoms with E-state index in [1.807, 2.05) is 24.3 Å². The first kappa shape index (κ1) is 12.7. The van der Waals surface area contributed by atoms with Crippen LogP contribution in [0.1, 0.15) is 6.42 Å². The van der Waals surface area contributed by atoms with Gasteiger partial charge in [0, 0.05) is 25.7 Å². The zero-order chi connectivity index (χ0) is 12.8. The molecule has 2 N–H and O–H groups in total. The number of carbonyl (C=O) groups excluding carboxylic acids is 1. The molecule has 1 aliphatic heterocycles. The number of anilines is 1. The van der Waals surface area contributed by atoms with E-state index in [-0.39, 0.29) is 12.5 Å². The van der Waals surface area contributed by atoms with Crippen LogP contribution in [0.2, 0.25) is 0 Å². The Morgan fingerprint density at radius 2 is 2.22 bits per heavy atom. The highest BCUT2D eigenvalue weighted by Gasteiger charge is 2.19. The summed E-state index contributed by atoms with van der Waals surface area (Å²) in [4.78, 5) is 18.1. The molecule has 1 aliphatic rings. The third-order valence-electron chi connectivity index (χ3n) is 2.77. The molecule has 0 saturated carbocycles. The zero-order valence-corrected chi connectivity index (χ0v) is 10.2. The van der Waals surface area contributed by atoms with Crippen LogP contribution in [0.4, 0.5) is 11.4 Å². The van der Waals surface area contributed by atoms with E-state index in [1.54, 1.807) is 11.1 Å². The summed E-state index contributed by atoms with van der Waals surface area (Å²) >= 11 is 0. The van der Waals surface area contributed by atoms with E-state index in [0.29, 0.717) is 26.1 Å². The average Bonchev–Trinajstić information content (AvgIpc) is 2.43. The number of hydrogen-bond acceptors (Lipinski definition) is 4. The van der Waals surface area contributed by atoms with Gasteiger partial charge in [0.25, 0.3) is 0 Å². The molecule has 0 atom stereocenters. The first-order valence-corrected chi connectivity index (χ1v) is 6.06. The number of nitrogens with zero attached hydrogens (tertiary/aromatic N) is 2. The molecule has 5 nitrogen and oxygen atoms in total. The van der Waals surface area contributed by atoms with Gasteiger partial charge in [0.15, 0.2) is 0 Å². The van der Waals surface area contributed by atoms with Crippen LogP contribution < -0.4 is 10.2 Å². The van der Waals surface area contributed by atoms with Crippen LogP contribution in [-0.4, -0.2) is 43.5 Å². The number of hydrogen-bond donors (Lipinski definition) is 2. The van der Waals surface area contributed by atoms with Gasteiger partial charge in [-0.1, -0.05) is 12.1 Å². The van der Waals surface area contributed by atoms with E-state index in [0.717, 1.165) is 11.4 Å². The van der Waals surface area contributed by atoms with E-state index in [1.165, 1.54) is 0 Å². The molecule has 5 heteroatoms. The normalized spacial score (nSPS) is 13.5. The minimum absolute atomic E-state index is 0.0686. The van der Waals surface area contributed by atoms with Gasteiger partial charge >= 0.3 is 0 Å². The molecule has 1 amide bonds. The summed E-state index contributed by atoms with van der Waals surface area (Å²) in [5.74, 6) is 0.0686. The number of benzene rings is 1. The Kier molecular flexibility index (Phi) is 4.44. The predicted octanol–water partition coefficient (Wildman–Crippen LogP) is 0.708. The van der Waals surface area contributed by atoms with Crippen LogP contribution in [-0.2, 0) is 4.79 Å². The summed E-state index contributed by atoms with van der Waals surface area (Å²) in [5, 5.41) is 11.6. The first-order valence-electron chi connectivity index (χ1n) is 6.06. The van der Waals surface area contributed by atoms with Gasteiger partial charge in [0.05, 0.1) is 24.5 Å². The van der Waals surface area contributed by atoms with Gasteiger partial charge in [-0.05, 0) is 12.1 Å². The van der Waals surface area contributed by atoms with Gasteiger partial charge in [0.2, 0.25) is 5.91 Å². The molecule has 0 aliphatic carbocycles. The standard InChI is InChI=1S/C13H17N3O2/c17-10-8-14-6-5-13(18)16-9-7-15-11-3-1-2-4-12(11)16/h1-4,7,14,17H,5-6,8-10H2. The maximum Gasteiger partial charge on any atom is 0.228 e. The lowest BCUT2D eigenvalue weighted by atomic mass is 10.2. The van der Waals surface area contributed by atoms with Gasteiger partial charge in [-0.3, -0.25) is 9.79 Å². The van der Waals surface area contributed by atoms with Crippen LogP contribution in [0, 0.1) is 0 Å². The van der Waals surface area contributed by atoms with Crippen LogP contribution in [0.3, 0.4) is 0 Å². The lowest BCUT2D eigenvalue weighted by Gasteiger charge is -2.25. The Hall–Kier alpha value is -1.72. The summed E-state index contributed by atoms with van der Waals surface area (Å²) < 4.78 is 0. The quantitative estimate of drug-likeness (QED) is 0.753. The number of carbonyl (C=O) groups is 1. The van der Waals surface area contributed by atoms with Crippen LogP contribution >= 0.6 is 0 Å². The lowest BCUT2D eigenvalue weighted by molar-refractivity contribution is -0.118. The fourth-order valence-electron chi connectivity index (χ4n) is 1.89. The van der Waals surface area contributed by atoms with E-state index in [4.69, 9.17) is 5.11 Å². The van der Waals surface area contributed by atoms with Gasteiger partial charge in [-0.25, -0.2) is 0 Å². The fourth-order valence-corrected chi connectivity index (χ4v) is 1.89. The topological polar surface area (TPSA) is 64.9 Å². The SMILES string of the molecule is O=C(CCNCCO)N1CC=Nc2ccccc21. The Labute approximate surface area is 106 Å². The summed E-state index contributed by atoms with van der Waals surface area (Å²) in [6.45, 7) is 1.71. The van der Waals surface area contributed by atoms with Crippen molar-refractivity contribution < 1.29 is 9.90 Å². The molecule has 0 unspecified atom stereocenters. The summed E-state index contributed by atoms with van der Waals surface area (Å²) in [6.07, 6.45) is 2.17. The molecule has 0 bridgehead atoms. The Morgan fingerprint density at radius 3 is 3.06 bits per heavy atom. The minimum atomic E-state index is 0.0686. The number of aliphatic hydroxyl groups is 1. The minimum Gasteiger partial charge on any atom is -0.395 e. The monoisotopic (exact) mass is 247 g/mol. The number of fused-ring (bicyclic) bond motifs is 1. The van der Waals surface area contributed by atoms with Crippen molar-refractivity contribution in [3.05, 3.63) is 24.3 Å². The number of aliphatic imine (C=N–C) groups is 1. The fraction of sp³-hybridized carbons (Fsp3) is 0.385. The summed E-state index contributed by atoms with van der Waals surface area (Å²) in [5.41, 5.74) is 1.70. The van der Waals surface area contributed by atoms with Crippen molar-refractivity contribution >= 4 is 23.5 Å². The van der Waals surface area contributed by atoms with Gasteiger partial charge in [-0.2, -0.15) is 0 Å². The Balaban J connectivity index is 1.97. The molecule has 1 aromatic rings. The number of aliphatic hydroxyl groups excluding tert-OH is 1. The van der Waals surface area contributed by atoms with Crippen LogP contribution in [0.5, 0.6) is 0 Å². The van der Waals surface area contributed by atoms with Gasteiger partial charge < -0.3 is 15.3 Å². The van der Waals surface area contributed by atoms with E-state index in [9.17, 15) is 4.79 Å². The molecule has 0 spiro atoms. The molecular formula is C13H17N3O2. The zero-order valence-electron chi connectivity index (χ0n) is 10.2. The molecule has 18 heavy (non-hydrogen) atoms. The second kappa shape index (κ2) is 6.28. The smallest absolute Gasteiger partial charge is 0.228 e. The Bertz CT molecular complexity index is 446. The molecule has 2 rings (SSSR count). The van der Waals surface area contributed by atoms with E-state index < -0.39 is 0 Å². The van der Waals surface area contributed by atoms with Crippen LogP contribution in [0.15, 0.2) is 29.3 Å². The van der Waals surface area contributed by atoms with Crippen molar-refractivity contribution in [3.8, 4) is 0 Å². The van der Waals surface area contributed by atoms with Crippen molar-refractivity contribution in [2.45, 2.75) is 6.42 Å². The number of nitrogens with one attached hydrogen (secondary N) is 1. The molecule has 96 valence electrons.